The number of halogens is 2. The molecule has 0 amide bonds. The average Bonchev–Trinajstić information content (AvgIpc) is 2.33. The first-order valence-corrected chi connectivity index (χ1v) is 6.22. The van der Waals surface area contributed by atoms with Gasteiger partial charge in [-0.25, -0.2) is 0 Å². The number of hydrogen-bond donors (Lipinski definition) is 1. The quantitative estimate of drug-likeness (QED) is 0.844. The van der Waals surface area contributed by atoms with Gasteiger partial charge in [-0.2, -0.15) is 0 Å². The lowest BCUT2D eigenvalue weighted by Gasteiger charge is -2.19. The summed E-state index contributed by atoms with van der Waals surface area (Å²) in [6.07, 6.45) is 5.40. The molecule has 0 fully saturated rings. The number of thiocarbonyl (C=S) groups is 1. The van der Waals surface area contributed by atoms with Crippen LogP contribution in [-0.4, -0.2) is 11.1 Å². The molecular weight excluding hydrogens is 275 g/mol. The van der Waals surface area contributed by atoms with E-state index in [1.54, 1.807) is 12.3 Å². The normalized spacial score (nSPS) is 18.8. The Hall–Kier alpha value is -0.740. The van der Waals surface area contributed by atoms with E-state index in [1.165, 1.54) is 0 Å². The Labute approximate surface area is 115 Å². The first-order valence-electron chi connectivity index (χ1n) is 5.05. The van der Waals surface area contributed by atoms with Crippen molar-refractivity contribution in [2.75, 3.05) is 0 Å². The van der Waals surface area contributed by atoms with Crippen molar-refractivity contribution >= 4 is 46.5 Å². The van der Waals surface area contributed by atoms with Crippen LogP contribution in [0.3, 0.4) is 0 Å². The van der Waals surface area contributed by atoms with E-state index in [2.05, 4.69) is 4.99 Å². The third-order valence-corrected chi connectivity index (χ3v) is 3.78. The van der Waals surface area contributed by atoms with E-state index in [0.29, 0.717) is 16.6 Å². The molecule has 0 bridgehead atoms. The summed E-state index contributed by atoms with van der Waals surface area (Å²) in [6.45, 7) is 0.313. The fourth-order valence-corrected chi connectivity index (χ4v) is 2.44. The molecule has 0 aromatic heterocycles. The highest BCUT2D eigenvalue weighted by Gasteiger charge is 2.20. The molecule has 88 valence electrons. The number of rotatable bonds is 2. The van der Waals surface area contributed by atoms with Crippen LogP contribution in [0.2, 0.25) is 10.0 Å². The lowest BCUT2D eigenvalue weighted by molar-refractivity contribution is 0.931. The number of aliphatic imine (C=N–C) groups is 1. The maximum absolute atomic E-state index is 6.14. The molecule has 1 unspecified atom stereocenters. The zero-order valence-electron chi connectivity index (χ0n) is 8.86. The summed E-state index contributed by atoms with van der Waals surface area (Å²) in [6, 6.07) is 3.43. The first-order chi connectivity index (χ1) is 8.15. The minimum absolute atomic E-state index is 0.191. The number of hydrogen-bond acceptors (Lipinski definition) is 3. The predicted molar refractivity (Wildman–Crippen MR) is 77.3 cm³/mol. The summed E-state index contributed by atoms with van der Waals surface area (Å²) in [5, 5.41) is 0.983. The molecule has 1 aromatic carbocycles. The van der Waals surface area contributed by atoms with E-state index >= 15 is 0 Å². The van der Waals surface area contributed by atoms with Gasteiger partial charge in [0.25, 0.3) is 0 Å². The Bertz CT molecular complexity index is 523. The second-order valence-corrected chi connectivity index (χ2v) is 4.85. The van der Waals surface area contributed by atoms with Crippen LogP contribution >= 0.6 is 35.4 Å². The van der Waals surface area contributed by atoms with Crippen molar-refractivity contribution in [3.05, 3.63) is 45.5 Å². The molecule has 2 N–H and O–H groups in total. The van der Waals surface area contributed by atoms with Crippen LogP contribution in [0.5, 0.6) is 0 Å². The molecular formula is C12H10Cl2N2S. The molecule has 1 aliphatic rings. The standard InChI is InChI=1S/C12H10Cl2N2S/c13-9-4-3-7(8(6-15)11(9)14)12-10(17)2-1-5-16-12/h1-5,12H,6,15H2. The molecule has 0 aliphatic carbocycles. The Morgan fingerprint density at radius 1 is 1.35 bits per heavy atom. The van der Waals surface area contributed by atoms with Gasteiger partial charge < -0.3 is 5.73 Å². The zero-order chi connectivity index (χ0) is 12.4. The fraction of sp³-hybridized carbons (Fsp3) is 0.167. The van der Waals surface area contributed by atoms with E-state index in [4.69, 9.17) is 41.2 Å². The number of dihydropyridines is 1. The summed E-state index contributed by atoms with van der Waals surface area (Å²) in [5.74, 6) is 0. The van der Waals surface area contributed by atoms with Crippen LogP contribution in [0, 0.1) is 0 Å². The molecule has 2 nitrogen and oxygen atoms in total. The topological polar surface area (TPSA) is 38.4 Å². The molecule has 1 aromatic rings. The Balaban J connectivity index is 2.52. The number of nitrogens with two attached hydrogens (primary N) is 1. The lowest BCUT2D eigenvalue weighted by Crippen LogP contribution is -2.13. The van der Waals surface area contributed by atoms with Gasteiger partial charge in [-0.15, -0.1) is 0 Å². The maximum Gasteiger partial charge on any atom is 0.110 e. The zero-order valence-corrected chi connectivity index (χ0v) is 11.2. The van der Waals surface area contributed by atoms with Gasteiger partial charge in [0, 0.05) is 17.6 Å². The Morgan fingerprint density at radius 3 is 2.76 bits per heavy atom. The van der Waals surface area contributed by atoms with Gasteiger partial charge in [-0.3, -0.25) is 4.99 Å². The highest BCUT2D eigenvalue weighted by atomic mass is 35.5. The van der Waals surface area contributed by atoms with Crippen LogP contribution < -0.4 is 5.73 Å². The van der Waals surface area contributed by atoms with E-state index in [1.807, 2.05) is 18.2 Å². The summed E-state index contributed by atoms with van der Waals surface area (Å²) < 4.78 is 0. The molecule has 2 rings (SSSR count). The second kappa shape index (κ2) is 5.27. The number of benzene rings is 1. The number of nitrogens with zero attached hydrogens (tertiary/aromatic N) is 1. The van der Waals surface area contributed by atoms with Crippen molar-refractivity contribution < 1.29 is 0 Å². The average molecular weight is 285 g/mol. The predicted octanol–water partition coefficient (Wildman–Crippen LogP) is 3.50. The summed E-state index contributed by atoms with van der Waals surface area (Å²) >= 11 is 17.4. The van der Waals surface area contributed by atoms with Crippen molar-refractivity contribution in [2.45, 2.75) is 12.6 Å². The fourth-order valence-electron chi connectivity index (χ4n) is 1.74. The van der Waals surface area contributed by atoms with Crippen molar-refractivity contribution in [1.82, 2.24) is 0 Å². The molecule has 0 spiro atoms. The van der Waals surface area contributed by atoms with E-state index in [0.717, 1.165) is 16.0 Å². The molecule has 0 radical (unpaired) electrons. The third-order valence-electron chi connectivity index (χ3n) is 2.58. The van der Waals surface area contributed by atoms with Gasteiger partial charge in [0.15, 0.2) is 0 Å². The molecule has 17 heavy (non-hydrogen) atoms. The molecule has 5 heteroatoms. The van der Waals surface area contributed by atoms with Crippen molar-refractivity contribution in [2.24, 2.45) is 10.7 Å². The van der Waals surface area contributed by atoms with Crippen molar-refractivity contribution in [3.8, 4) is 0 Å². The van der Waals surface area contributed by atoms with Gasteiger partial charge in [0.2, 0.25) is 0 Å². The minimum Gasteiger partial charge on any atom is -0.326 e. The van der Waals surface area contributed by atoms with Gasteiger partial charge >= 0.3 is 0 Å². The summed E-state index contributed by atoms with van der Waals surface area (Å²) in [5.41, 5.74) is 7.44. The van der Waals surface area contributed by atoms with Crippen LogP contribution in [0.4, 0.5) is 0 Å². The van der Waals surface area contributed by atoms with E-state index in [9.17, 15) is 0 Å². The molecule has 1 heterocycles. The maximum atomic E-state index is 6.14. The van der Waals surface area contributed by atoms with Gasteiger partial charge in [0.1, 0.15) is 6.04 Å². The van der Waals surface area contributed by atoms with E-state index < -0.39 is 0 Å². The highest BCUT2D eigenvalue weighted by molar-refractivity contribution is 7.80. The molecule has 1 atom stereocenters. The Morgan fingerprint density at radius 2 is 2.12 bits per heavy atom. The summed E-state index contributed by atoms with van der Waals surface area (Å²) in [7, 11) is 0. The molecule has 1 aliphatic heterocycles. The Kier molecular flexibility index (Phi) is 3.94. The van der Waals surface area contributed by atoms with Gasteiger partial charge in [-0.05, 0) is 29.3 Å². The molecule has 0 saturated heterocycles. The lowest BCUT2D eigenvalue weighted by atomic mass is 9.97. The van der Waals surface area contributed by atoms with Crippen LogP contribution in [0.25, 0.3) is 0 Å². The van der Waals surface area contributed by atoms with E-state index in [-0.39, 0.29) is 6.04 Å². The first kappa shape index (κ1) is 12.7. The minimum atomic E-state index is -0.191. The van der Waals surface area contributed by atoms with Crippen LogP contribution in [0.1, 0.15) is 17.2 Å². The largest absolute Gasteiger partial charge is 0.326 e. The highest BCUT2D eigenvalue weighted by Crippen LogP contribution is 2.34. The van der Waals surface area contributed by atoms with Crippen molar-refractivity contribution in [3.63, 3.8) is 0 Å². The monoisotopic (exact) mass is 284 g/mol. The third kappa shape index (κ3) is 2.43. The SMILES string of the molecule is NCc1c(C2N=CC=CC2=S)ccc(Cl)c1Cl. The molecule has 0 saturated carbocycles. The number of allylic oxidation sites excluding steroid dienone is 1. The van der Waals surface area contributed by atoms with Crippen molar-refractivity contribution in [1.29, 1.82) is 0 Å². The summed E-state index contributed by atoms with van der Waals surface area (Å²) in [4.78, 5) is 5.10. The van der Waals surface area contributed by atoms with Crippen LogP contribution in [0.15, 0.2) is 29.3 Å². The van der Waals surface area contributed by atoms with Gasteiger partial charge in [0.05, 0.1) is 10.0 Å². The second-order valence-electron chi connectivity index (χ2n) is 3.60. The van der Waals surface area contributed by atoms with Crippen LogP contribution in [-0.2, 0) is 6.54 Å². The van der Waals surface area contributed by atoms with Gasteiger partial charge in [-0.1, -0.05) is 41.5 Å². The smallest absolute Gasteiger partial charge is 0.110 e.